The zero-order valence-corrected chi connectivity index (χ0v) is 45.5. The summed E-state index contributed by atoms with van der Waals surface area (Å²) in [5.41, 5.74) is 11.2. The smallest absolute Gasteiger partial charge is 0.0461 e. The van der Waals surface area contributed by atoms with E-state index in [4.69, 9.17) is 46.4 Å². The van der Waals surface area contributed by atoms with Crippen LogP contribution in [0.1, 0.15) is 211 Å². The van der Waals surface area contributed by atoms with Crippen LogP contribution in [0.15, 0.2) is 72.8 Å². The lowest BCUT2D eigenvalue weighted by molar-refractivity contribution is 0.577. The molecule has 4 rings (SSSR count). The lowest BCUT2D eigenvalue weighted by Gasteiger charge is -2.26. The molecule has 0 aliphatic heterocycles. The van der Waals surface area contributed by atoms with E-state index in [1.807, 2.05) is 12.1 Å². The Bertz CT molecular complexity index is 1840. The van der Waals surface area contributed by atoms with Gasteiger partial charge in [-0.1, -0.05) is 261 Å². The lowest BCUT2D eigenvalue weighted by atomic mass is 9.82. The van der Waals surface area contributed by atoms with Crippen molar-refractivity contribution in [3.8, 4) is 0 Å². The van der Waals surface area contributed by atoms with Crippen molar-refractivity contribution in [3.05, 3.63) is 137 Å². The summed E-state index contributed by atoms with van der Waals surface area (Å²) >= 11 is 25.3. The summed E-state index contributed by atoms with van der Waals surface area (Å²) in [6, 6.07) is 26.0. The fourth-order valence-electron chi connectivity index (χ4n) is 6.37. The summed E-state index contributed by atoms with van der Waals surface area (Å²) in [5.74, 6) is 0. The molecule has 0 saturated heterocycles. The normalized spacial score (nSPS) is 13.0. The molecule has 60 heavy (non-hydrogen) atoms. The van der Waals surface area contributed by atoms with Crippen molar-refractivity contribution in [3.63, 3.8) is 0 Å². The maximum Gasteiger partial charge on any atom is 0.0461 e. The van der Waals surface area contributed by atoms with Crippen molar-refractivity contribution in [2.24, 2.45) is 0 Å². The third-order valence-electron chi connectivity index (χ3n) is 10.6. The van der Waals surface area contributed by atoms with E-state index in [0.29, 0.717) is 0 Å². The Labute approximate surface area is 391 Å². The number of benzene rings is 4. The average molecular weight is 899 g/mol. The first-order valence-corrected chi connectivity index (χ1v) is 23.2. The molecule has 0 nitrogen and oxygen atoms in total. The molecular weight excluding hydrogens is 814 g/mol. The lowest BCUT2D eigenvalue weighted by Crippen LogP contribution is -2.16. The Morgan fingerprint density at radius 3 is 0.633 bits per heavy atom. The average Bonchev–Trinajstić information content (AvgIpc) is 3.01. The van der Waals surface area contributed by atoms with Gasteiger partial charge in [0.15, 0.2) is 0 Å². The highest BCUT2D eigenvalue weighted by Gasteiger charge is 2.25. The van der Waals surface area contributed by atoms with E-state index >= 15 is 0 Å². The summed E-state index contributed by atoms with van der Waals surface area (Å²) < 4.78 is 0. The van der Waals surface area contributed by atoms with Gasteiger partial charge in [0.1, 0.15) is 0 Å². The Morgan fingerprint density at radius 1 is 0.233 bits per heavy atom. The summed E-state index contributed by atoms with van der Waals surface area (Å²) in [4.78, 5) is 0. The molecule has 336 valence electrons. The molecular formula is C56H84Cl4. The molecule has 0 radical (unpaired) electrons. The SMILES string of the molecule is CC(C)(C)c1cc(Cl)c(C(C)(C)C)c(Cl)c1.CC(C)(C)c1ccc(C(C)(C)C)c(Cl)c1.CC(C)(C)c1ccc(C(C)(C)C)c(Cl)c1.CC(C)(C)c1ccc(C(C)(C)C)cc1. The summed E-state index contributed by atoms with van der Waals surface area (Å²) in [5, 5.41) is 3.31. The molecule has 0 fully saturated rings. The Kier molecular flexibility index (Phi) is 18.9. The zero-order chi connectivity index (χ0) is 47.4. The second-order valence-electron chi connectivity index (χ2n) is 24.8. The third-order valence-corrected chi connectivity index (χ3v) is 11.8. The van der Waals surface area contributed by atoms with Gasteiger partial charge in [-0.05, 0) is 112 Å². The van der Waals surface area contributed by atoms with Crippen LogP contribution in [0.2, 0.25) is 20.1 Å². The first-order chi connectivity index (χ1) is 26.5. The van der Waals surface area contributed by atoms with E-state index < -0.39 is 0 Å². The van der Waals surface area contributed by atoms with Gasteiger partial charge in [-0.3, -0.25) is 0 Å². The van der Waals surface area contributed by atoms with Crippen molar-refractivity contribution in [1.82, 2.24) is 0 Å². The molecule has 0 aromatic heterocycles. The molecule has 0 aliphatic carbocycles. The van der Waals surface area contributed by atoms with Gasteiger partial charge >= 0.3 is 0 Å². The largest absolute Gasteiger partial charge is 0.0840 e. The topological polar surface area (TPSA) is 0 Å². The molecule has 0 atom stereocenters. The highest BCUT2D eigenvalue weighted by molar-refractivity contribution is 6.36. The molecule has 0 bridgehead atoms. The minimum Gasteiger partial charge on any atom is -0.0840 e. The molecule has 0 heterocycles. The first-order valence-electron chi connectivity index (χ1n) is 21.7. The minimum atomic E-state index is -0.0232. The van der Waals surface area contributed by atoms with Crippen molar-refractivity contribution in [1.29, 1.82) is 0 Å². The van der Waals surface area contributed by atoms with E-state index in [1.54, 1.807) is 0 Å². The van der Waals surface area contributed by atoms with E-state index in [1.165, 1.54) is 38.9 Å². The molecule has 4 aromatic rings. The molecule has 0 unspecified atom stereocenters. The quantitative estimate of drug-likeness (QED) is 0.165. The van der Waals surface area contributed by atoms with Crippen LogP contribution in [0, 0.1) is 0 Å². The molecule has 4 heteroatoms. The Morgan fingerprint density at radius 2 is 0.450 bits per heavy atom. The Balaban J connectivity index is 0.000000400. The van der Waals surface area contributed by atoms with Crippen LogP contribution in [0.4, 0.5) is 0 Å². The first kappa shape index (κ1) is 56.1. The van der Waals surface area contributed by atoms with Crippen LogP contribution < -0.4 is 0 Å². The predicted molar refractivity (Wildman–Crippen MR) is 275 cm³/mol. The summed E-state index contributed by atoms with van der Waals surface area (Å²) in [7, 11) is 0. The highest BCUT2D eigenvalue weighted by Crippen LogP contribution is 2.39. The number of halogens is 4. The van der Waals surface area contributed by atoms with E-state index in [0.717, 1.165) is 25.7 Å². The summed E-state index contributed by atoms with van der Waals surface area (Å²) in [6.45, 7) is 52.7. The molecule has 4 aromatic carbocycles. The van der Waals surface area contributed by atoms with E-state index in [-0.39, 0.29) is 43.3 Å². The second-order valence-corrected chi connectivity index (χ2v) is 26.4. The Hall–Kier alpha value is -1.96. The van der Waals surface area contributed by atoms with E-state index in [9.17, 15) is 0 Å². The fourth-order valence-corrected chi connectivity index (χ4v) is 8.35. The van der Waals surface area contributed by atoms with Crippen molar-refractivity contribution < 1.29 is 0 Å². The molecule has 0 N–H and O–H groups in total. The van der Waals surface area contributed by atoms with Gasteiger partial charge < -0.3 is 0 Å². The third kappa shape index (κ3) is 17.7. The van der Waals surface area contributed by atoms with Gasteiger partial charge in [0.25, 0.3) is 0 Å². The maximum atomic E-state index is 6.34. The van der Waals surface area contributed by atoms with Crippen molar-refractivity contribution >= 4 is 46.4 Å². The number of hydrogen-bond acceptors (Lipinski definition) is 0. The van der Waals surface area contributed by atoms with Crippen LogP contribution >= 0.6 is 46.4 Å². The standard InChI is InChI=1S/C14H20Cl2.2C14H21Cl.C14H22/c1-13(2,3)9-7-10(15)12(11(16)8-9)14(4,5)6;2*1-13(2,3)10-7-8-11(12(15)9-10)14(4,5)6;1-13(2,3)11-7-9-12(10-8-11)14(4,5)6/h7-8H,1-6H3;2*7-9H,1-6H3;7-10H,1-6H3. The van der Waals surface area contributed by atoms with Crippen molar-refractivity contribution in [2.45, 2.75) is 209 Å². The highest BCUT2D eigenvalue weighted by atomic mass is 35.5. The maximum absolute atomic E-state index is 6.34. The molecule has 0 saturated carbocycles. The minimum absolute atomic E-state index is 0.0232. The van der Waals surface area contributed by atoms with Gasteiger partial charge in [-0.15, -0.1) is 0 Å². The van der Waals surface area contributed by atoms with Gasteiger partial charge in [0, 0.05) is 20.1 Å². The molecule has 0 aliphatic rings. The number of hydrogen-bond donors (Lipinski definition) is 0. The predicted octanol–water partition coefficient (Wildman–Crippen LogP) is 19.7. The van der Waals surface area contributed by atoms with Gasteiger partial charge in [0.2, 0.25) is 0 Å². The second kappa shape index (κ2) is 20.3. The zero-order valence-electron chi connectivity index (χ0n) is 42.4. The van der Waals surface area contributed by atoms with Crippen LogP contribution in [-0.2, 0) is 43.3 Å². The monoisotopic (exact) mass is 897 g/mol. The molecule has 0 amide bonds. The number of rotatable bonds is 0. The van der Waals surface area contributed by atoms with Crippen LogP contribution in [0.25, 0.3) is 0 Å². The van der Waals surface area contributed by atoms with Crippen LogP contribution in [0.3, 0.4) is 0 Å². The van der Waals surface area contributed by atoms with Crippen molar-refractivity contribution in [2.75, 3.05) is 0 Å². The van der Waals surface area contributed by atoms with Crippen LogP contribution in [-0.4, -0.2) is 0 Å². The van der Waals surface area contributed by atoms with Gasteiger partial charge in [0.05, 0.1) is 0 Å². The van der Waals surface area contributed by atoms with E-state index in [2.05, 4.69) is 227 Å². The van der Waals surface area contributed by atoms with Crippen LogP contribution in [0.5, 0.6) is 0 Å². The molecule has 0 spiro atoms. The van der Waals surface area contributed by atoms with Gasteiger partial charge in [-0.25, -0.2) is 0 Å². The fraction of sp³-hybridized carbons (Fsp3) is 0.571. The van der Waals surface area contributed by atoms with Gasteiger partial charge in [-0.2, -0.15) is 0 Å². The summed E-state index contributed by atoms with van der Waals surface area (Å²) in [6.07, 6.45) is 0.